The van der Waals surface area contributed by atoms with Gasteiger partial charge in [0.05, 0.1) is 17.5 Å². The van der Waals surface area contributed by atoms with Crippen LogP contribution in [0.1, 0.15) is 35.3 Å². The third-order valence-corrected chi connectivity index (χ3v) is 6.38. The van der Waals surface area contributed by atoms with Crippen LogP contribution >= 0.6 is 0 Å². The van der Waals surface area contributed by atoms with Crippen molar-refractivity contribution in [2.24, 2.45) is 11.8 Å². The largest absolute Gasteiger partial charge is 0.409 e. The van der Waals surface area contributed by atoms with Gasteiger partial charge in [-0.15, -0.1) is 5.10 Å². The van der Waals surface area contributed by atoms with Gasteiger partial charge in [0.1, 0.15) is 5.52 Å². The van der Waals surface area contributed by atoms with Crippen molar-refractivity contribution < 1.29 is 18.0 Å². The summed E-state index contributed by atoms with van der Waals surface area (Å²) < 4.78 is 41.8. The van der Waals surface area contributed by atoms with Crippen LogP contribution in [0.25, 0.3) is 11.5 Å². The number of alkyl halides is 3. The Morgan fingerprint density at radius 2 is 1.97 bits per heavy atom. The molecule has 32 heavy (non-hydrogen) atoms. The number of piperidine rings is 1. The van der Waals surface area contributed by atoms with E-state index in [0.717, 1.165) is 6.42 Å². The Labute approximate surface area is 180 Å². The maximum Gasteiger partial charge on any atom is 0.409 e. The minimum absolute atomic E-state index is 0.168. The zero-order valence-electron chi connectivity index (χ0n) is 17.3. The van der Waals surface area contributed by atoms with E-state index in [1.54, 1.807) is 30.2 Å². The number of rotatable bonds is 2. The number of carbonyl (C=O) groups is 1. The molecule has 2 fully saturated rings. The van der Waals surface area contributed by atoms with E-state index in [9.17, 15) is 22.8 Å². The number of hydrogen-bond donors (Lipinski definition) is 1. The number of nitrogens with zero attached hydrogens (tertiary/aromatic N) is 5. The van der Waals surface area contributed by atoms with Gasteiger partial charge in [-0.3, -0.25) is 14.6 Å². The third-order valence-electron chi connectivity index (χ3n) is 6.38. The highest BCUT2D eigenvalue weighted by atomic mass is 19.4. The van der Waals surface area contributed by atoms with E-state index < -0.39 is 6.18 Å². The van der Waals surface area contributed by atoms with Crippen molar-refractivity contribution in [2.75, 3.05) is 13.1 Å². The van der Waals surface area contributed by atoms with Crippen molar-refractivity contribution in [3.8, 4) is 5.95 Å². The molecule has 2 aliphatic rings. The Bertz CT molecular complexity index is 1270. The first-order valence-electron chi connectivity index (χ1n) is 10.4. The average molecular weight is 446 g/mol. The van der Waals surface area contributed by atoms with Gasteiger partial charge < -0.3 is 4.90 Å². The lowest BCUT2D eigenvalue weighted by atomic mass is 9.73. The summed E-state index contributed by atoms with van der Waals surface area (Å²) in [5, 5.41) is 8.56. The Morgan fingerprint density at radius 1 is 1.25 bits per heavy atom. The molecule has 1 aliphatic carbocycles. The molecule has 0 radical (unpaired) electrons. The van der Waals surface area contributed by atoms with Crippen LogP contribution in [0.2, 0.25) is 0 Å². The molecule has 3 aromatic rings. The van der Waals surface area contributed by atoms with Crippen molar-refractivity contribution >= 4 is 11.4 Å². The number of aromatic amines is 1. The Kier molecular flexibility index (Phi) is 4.72. The lowest BCUT2D eigenvalue weighted by Crippen LogP contribution is -2.47. The second-order valence-electron chi connectivity index (χ2n) is 8.39. The molecule has 1 aliphatic heterocycles. The van der Waals surface area contributed by atoms with Crippen LogP contribution in [0.3, 0.4) is 0 Å². The molecule has 2 unspecified atom stereocenters. The number of H-pyrrole nitrogens is 1. The van der Waals surface area contributed by atoms with Crippen LogP contribution < -0.4 is 5.56 Å². The van der Waals surface area contributed by atoms with Gasteiger partial charge in [0.25, 0.3) is 11.5 Å². The van der Waals surface area contributed by atoms with Crippen LogP contribution in [0.5, 0.6) is 0 Å². The highest BCUT2D eigenvalue weighted by Gasteiger charge is 2.40. The lowest BCUT2D eigenvalue weighted by molar-refractivity contribution is -0.0821. The van der Waals surface area contributed by atoms with Gasteiger partial charge in [-0.25, -0.2) is 9.20 Å². The van der Waals surface area contributed by atoms with Gasteiger partial charge in [-0.05, 0) is 43.7 Å². The van der Waals surface area contributed by atoms with Crippen LogP contribution in [-0.2, 0) is 0 Å². The number of carbonyl (C=O) groups excluding carboxylic acids is 1. The summed E-state index contributed by atoms with van der Waals surface area (Å²) in [5.74, 6) is -0.669. The van der Waals surface area contributed by atoms with Crippen molar-refractivity contribution in [2.45, 2.75) is 32.4 Å². The fraction of sp³-hybridized carbons (Fsp3) is 0.429. The number of halogens is 3. The van der Waals surface area contributed by atoms with Crippen LogP contribution in [0.15, 0.2) is 41.0 Å². The standard InChI is InChI=1S/C21H21F3N6O2/c1-12-16(9-25-30(12)20-26-18(31)17-6-3-7-29(17)27-20)19(32)28-10-13-4-2-5-14(11-28)15(13)8-21(22,23)24/h3,6-9,13-14H,2,4-5,10-11H2,1H3,(H,26,27,31). The first-order valence-corrected chi connectivity index (χ1v) is 10.4. The summed E-state index contributed by atoms with van der Waals surface area (Å²) in [6, 6.07) is 3.33. The molecule has 0 aromatic carbocycles. The van der Waals surface area contributed by atoms with Crippen molar-refractivity contribution in [1.82, 2.24) is 29.3 Å². The second kappa shape index (κ2) is 7.35. The van der Waals surface area contributed by atoms with Crippen LogP contribution in [0, 0.1) is 18.8 Å². The Morgan fingerprint density at radius 3 is 2.66 bits per heavy atom. The predicted molar refractivity (Wildman–Crippen MR) is 109 cm³/mol. The van der Waals surface area contributed by atoms with E-state index in [4.69, 9.17) is 0 Å². The molecular formula is C21H21F3N6O2. The first-order chi connectivity index (χ1) is 15.2. The zero-order valence-corrected chi connectivity index (χ0v) is 17.3. The first kappa shape index (κ1) is 20.5. The third kappa shape index (κ3) is 3.51. The molecule has 2 atom stereocenters. The second-order valence-corrected chi connectivity index (χ2v) is 8.39. The van der Waals surface area contributed by atoms with E-state index in [1.807, 2.05) is 0 Å². The van der Waals surface area contributed by atoms with Gasteiger partial charge >= 0.3 is 6.18 Å². The number of fused-ring (bicyclic) bond motifs is 3. The van der Waals surface area contributed by atoms with Crippen LogP contribution in [0.4, 0.5) is 13.2 Å². The molecular weight excluding hydrogens is 425 g/mol. The van der Waals surface area contributed by atoms with Crippen molar-refractivity contribution in [3.63, 3.8) is 0 Å². The van der Waals surface area contributed by atoms with Crippen molar-refractivity contribution in [3.05, 3.63) is 57.8 Å². The molecule has 168 valence electrons. The molecule has 0 spiro atoms. The molecule has 3 aromatic heterocycles. The van der Waals surface area contributed by atoms with Gasteiger partial charge in [-0.1, -0.05) is 12.0 Å². The summed E-state index contributed by atoms with van der Waals surface area (Å²) in [6.07, 6.45) is 1.28. The van der Waals surface area contributed by atoms with E-state index in [0.29, 0.717) is 41.3 Å². The smallest absolute Gasteiger partial charge is 0.337 e. The fourth-order valence-corrected chi connectivity index (χ4v) is 4.90. The lowest BCUT2D eigenvalue weighted by Gasteiger charge is -2.43. The summed E-state index contributed by atoms with van der Waals surface area (Å²) in [4.78, 5) is 29.8. The summed E-state index contributed by atoms with van der Waals surface area (Å²) in [7, 11) is 0. The number of hydrogen-bond acceptors (Lipinski definition) is 4. The molecule has 1 N–H and O–H groups in total. The average Bonchev–Trinajstić information content (AvgIpc) is 3.33. The van der Waals surface area contributed by atoms with Crippen LogP contribution in [-0.4, -0.2) is 54.5 Å². The molecule has 1 amide bonds. The number of likely N-dealkylation sites (tertiary alicyclic amines) is 1. The molecule has 5 rings (SSSR count). The number of aromatic nitrogens is 5. The highest BCUT2D eigenvalue weighted by Crippen LogP contribution is 2.41. The van der Waals surface area contributed by atoms with Gasteiger partial charge in [-0.2, -0.15) is 18.3 Å². The Hall–Kier alpha value is -3.37. The molecule has 1 saturated heterocycles. The number of amides is 1. The topological polar surface area (TPSA) is 88.3 Å². The normalized spacial score (nSPS) is 21.2. The quantitative estimate of drug-likeness (QED) is 0.614. The predicted octanol–water partition coefficient (Wildman–Crippen LogP) is 2.88. The highest BCUT2D eigenvalue weighted by molar-refractivity contribution is 5.95. The van der Waals surface area contributed by atoms with E-state index in [2.05, 4.69) is 15.2 Å². The van der Waals surface area contributed by atoms with Gasteiger partial charge in [0.15, 0.2) is 0 Å². The maximum absolute atomic E-state index is 13.3. The van der Waals surface area contributed by atoms with Crippen molar-refractivity contribution in [1.29, 1.82) is 0 Å². The minimum Gasteiger partial charge on any atom is -0.337 e. The monoisotopic (exact) mass is 446 g/mol. The zero-order chi connectivity index (χ0) is 22.6. The SMILES string of the molecule is Cc1c(C(=O)N2CC3CCCC(C2)C3=CC(F)(F)F)cnn1-c1nn2cccc2c(=O)[nH]1. The molecule has 11 heteroatoms. The Balaban J connectivity index is 1.43. The number of nitrogens with one attached hydrogen (secondary N) is 1. The van der Waals surface area contributed by atoms with Gasteiger partial charge in [0, 0.05) is 25.4 Å². The summed E-state index contributed by atoms with van der Waals surface area (Å²) in [6.45, 7) is 2.21. The molecule has 8 nitrogen and oxygen atoms in total. The minimum atomic E-state index is -4.35. The van der Waals surface area contributed by atoms with E-state index in [-0.39, 0.29) is 42.3 Å². The maximum atomic E-state index is 13.3. The molecule has 2 bridgehead atoms. The van der Waals surface area contributed by atoms with Gasteiger partial charge in [0.2, 0.25) is 5.95 Å². The van der Waals surface area contributed by atoms with E-state index >= 15 is 0 Å². The fourth-order valence-electron chi connectivity index (χ4n) is 4.90. The van der Waals surface area contributed by atoms with E-state index in [1.165, 1.54) is 15.4 Å². The number of allylic oxidation sites excluding steroid dienone is 1. The molecule has 1 saturated carbocycles. The molecule has 4 heterocycles. The summed E-state index contributed by atoms with van der Waals surface area (Å²) >= 11 is 0. The summed E-state index contributed by atoms with van der Waals surface area (Å²) in [5.41, 5.74) is 1.29.